The molecule has 0 radical (unpaired) electrons. The molecule has 0 unspecified atom stereocenters. The van der Waals surface area contributed by atoms with Gasteiger partial charge in [0.05, 0.1) is 6.33 Å². The first-order valence-corrected chi connectivity index (χ1v) is 3.25. The van der Waals surface area contributed by atoms with Crippen LogP contribution in [0.5, 0.6) is 0 Å². The molecule has 0 rings (SSSR count). The monoisotopic (exact) mass is 244 g/mol. The highest BCUT2D eigenvalue weighted by Gasteiger charge is 2.21. The quantitative estimate of drug-likeness (QED) is 0.556. The highest BCUT2D eigenvalue weighted by Crippen LogP contribution is 2.16. The maximum atomic E-state index is 10.9. The topological polar surface area (TPSA) is 0 Å². The Bertz CT molecular complexity index is 165. The van der Waals surface area contributed by atoms with Crippen LogP contribution in [0, 0.1) is 0 Å². The maximum absolute atomic E-state index is 10.9. The van der Waals surface area contributed by atoms with E-state index in [1.165, 1.54) is 0 Å². The summed E-state index contributed by atoms with van der Waals surface area (Å²) in [5, 5.41) is 0. The lowest BCUT2D eigenvalue weighted by Crippen LogP contribution is -1.99. The minimum Gasteiger partial charge on any atom is -0.216 e. The van der Waals surface area contributed by atoms with Crippen LogP contribution < -0.4 is 0 Å². The first-order valence-electron chi connectivity index (χ1n) is 2.81. The Balaban J connectivity index is 0. The van der Waals surface area contributed by atoms with Crippen LogP contribution in [-0.2, 0) is 0 Å². The third kappa shape index (κ3) is 22.5. The highest BCUT2D eigenvalue weighted by molar-refractivity contribution is 6.25. The summed E-state index contributed by atoms with van der Waals surface area (Å²) in [4.78, 5) is 0. The number of hydrogen-bond donors (Lipinski definition) is 0. The largest absolute Gasteiger partial charge is 0.411 e. The first-order chi connectivity index (χ1) is 6.12. The van der Waals surface area contributed by atoms with Gasteiger partial charge in [-0.15, -0.1) is 0 Å². The molecule has 14 heavy (non-hydrogen) atoms. The van der Waals surface area contributed by atoms with Crippen LogP contribution in [0.1, 0.15) is 0 Å². The average molecular weight is 245 g/mol. The molecule has 0 amide bonds. The molecule has 0 atom stereocenters. The van der Waals surface area contributed by atoms with Gasteiger partial charge in [0.25, 0.3) is 0 Å². The fourth-order valence-corrected chi connectivity index (χ4v) is 0.286. The molecular weight excluding hydrogens is 241 g/mol. The van der Waals surface area contributed by atoms with Gasteiger partial charge >= 0.3 is 12.4 Å². The van der Waals surface area contributed by atoms with Crippen molar-refractivity contribution in [3.63, 3.8) is 0 Å². The third-order valence-corrected chi connectivity index (χ3v) is 0.630. The van der Waals surface area contributed by atoms with E-state index in [1.54, 1.807) is 0 Å². The van der Waals surface area contributed by atoms with Crippen molar-refractivity contribution in [2.24, 2.45) is 0 Å². The molecule has 0 heterocycles. The molecule has 0 bridgehead atoms. The zero-order valence-corrected chi connectivity index (χ0v) is 7.09. The number of alkyl halides is 6. The second-order valence-corrected chi connectivity index (χ2v) is 1.92. The number of allylic oxidation sites excluding steroid dienone is 2. The van der Waals surface area contributed by atoms with E-state index < -0.39 is 24.8 Å². The van der Waals surface area contributed by atoms with E-state index in [0.717, 1.165) is 0 Å². The van der Waals surface area contributed by atoms with Crippen molar-refractivity contribution in [2.75, 3.05) is 0 Å². The molecule has 0 aliphatic carbocycles. The van der Waals surface area contributed by atoms with Gasteiger partial charge in [-0.1, -0.05) is 11.6 Å². The molecule has 0 N–H and O–H groups in total. The maximum Gasteiger partial charge on any atom is 0.411 e. The van der Waals surface area contributed by atoms with Crippen molar-refractivity contribution < 1.29 is 30.7 Å². The zero-order valence-electron chi connectivity index (χ0n) is 6.33. The molecule has 0 aromatic rings. The highest BCUT2D eigenvalue weighted by atomic mass is 35.5. The summed E-state index contributed by atoms with van der Waals surface area (Å²) in [7, 11) is 0. The summed E-state index contributed by atoms with van der Waals surface area (Å²) in [6, 6.07) is 0. The molecule has 84 valence electrons. The Kier molecular flexibility index (Phi) is 7.52. The molecule has 8 heteroatoms. The summed E-state index contributed by atoms with van der Waals surface area (Å²) >= 11 is 4.59. The van der Waals surface area contributed by atoms with Crippen LogP contribution in [0.15, 0.2) is 24.0 Å². The van der Waals surface area contributed by atoms with E-state index in [0.29, 0.717) is 5.54 Å². The Morgan fingerprint density at radius 1 is 0.786 bits per heavy atom. The molecule has 0 spiro atoms. The molecular formula is C6H4ClF7. The lowest BCUT2D eigenvalue weighted by atomic mass is 10.6. The SMILES string of the molecule is F/C=C/C(F)(F)F.FC(F)(F)/C=C/Cl. The summed E-state index contributed by atoms with van der Waals surface area (Å²) in [5.41, 5.74) is 0.431. The number of halogens is 8. The van der Waals surface area contributed by atoms with Crippen LogP contribution >= 0.6 is 11.6 Å². The fraction of sp³-hybridized carbons (Fsp3) is 0.333. The molecule has 0 saturated carbocycles. The second kappa shape index (κ2) is 6.69. The summed E-state index contributed by atoms with van der Waals surface area (Å²) in [6.45, 7) is 0. The molecule has 0 aliphatic rings. The third-order valence-electron chi connectivity index (χ3n) is 0.504. The fourth-order valence-electron chi connectivity index (χ4n) is 0.143. The van der Waals surface area contributed by atoms with Crippen LogP contribution in [0.25, 0.3) is 0 Å². The summed E-state index contributed by atoms with van der Waals surface area (Å²) in [5.74, 6) is 0. The smallest absolute Gasteiger partial charge is 0.216 e. The molecule has 0 fully saturated rings. The van der Waals surface area contributed by atoms with Gasteiger partial charge in [0, 0.05) is 17.7 Å². The average Bonchev–Trinajstić information content (AvgIpc) is 1.81. The van der Waals surface area contributed by atoms with E-state index in [-0.39, 0.29) is 6.08 Å². The van der Waals surface area contributed by atoms with E-state index in [1.807, 2.05) is 0 Å². The Morgan fingerprint density at radius 2 is 1.14 bits per heavy atom. The first kappa shape index (κ1) is 15.7. The van der Waals surface area contributed by atoms with Gasteiger partial charge in [0.2, 0.25) is 0 Å². The molecule has 0 saturated heterocycles. The van der Waals surface area contributed by atoms with Crippen LogP contribution in [0.2, 0.25) is 0 Å². The second-order valence-electron chi connectivity index (χ2n) is 1.67. The van der Waals surface area contributed by atoms with E-state index in [4.69, 9.17) is 0 Å². The Morgan fingerprint density at radius 3 is 1.14 bits per heavy atom. The predicted octanol–water partition coefficient (Wildman–Crippen LogP) is 4.33. The van der Waals surface area contributed by atoms with Gasteiger partial charge in [0.15, 0.2) is 0 Å². The van der Waals surface area contributed by atoms with E-state index in [9.17, 15) is 30.7 Å². The van der Waals surface area contributed by atoms with Crippen molar-refractivity contribution in [3.05, 3.63) is 24.0 Å². The van der Waals surface area contributed by atoms with Crippen LogP contribution in [-0.4, -0.2) is 12.4 Å². The Hall–Kier alpha value is -0.720. The van der Waals surface area contributed by atoms with Crippen LogP contribution in [0.3, 0.4) is 0 Å². The van der Waals surface area contributed by atoms with Gasteiger partial charge in [-0.05, 0) is 0 Å². The molecule has 0 aromatic carbocycles. The van der Waals surface area contributed by atoms with Gasteiger partial charge in [-0.3, -0.25) is 0 Å². The number of hydrogen-bond acceptors (Lipinski definition) is 0. The van der Waals surface area contributed by atoms with Crippen molar-refractivity contribution >= 4 is 11.6 Å². The zero-order chi connectivity index (χ0) is 11.8. The van der Waals surface area contributed by atoms with Gasteiger partial charge in [0.1, 0.15) is 0 Å². The number of rotatable bonds is 0. The van der Waals surface area contributed by atoms with E-state index >= 15 is 0 Å². The molecule has 0 aliphatic heterocycles. The van der Waals surface area contributed by atoms with Crippen molar-refractivity contribution in [2.45, 2.75) is 12.4 Å². The normalized spacial score (nSPS) is 13.1. The summed E-state index contributed by atoms with van der Waals surface area (Å²) in [6.07, 6.45) is -9.84. The standard InChI is InChI=1S/C3H2ClF3.C3H2F4/c2*4-2-1-3(5,6)7/h2*1-2H/b2*2-1+. The molecule has 0 aromatic heterocycles. The molecule has 0 nitrogen and oxygen atoms in total. The van der Waals surface area contributed by atoms with Crippen molar-refractivity contribution in [1.82, 2.24) is 0 Å². The minimum absolute atomic E-state index is 0.0471. The predicted molar refractivity (Wildman–Crippen MR) is 37.4 cm³/mol. The van der Waals surface area contributed by atoms with Crippen molar-refractivity contribution in [1.29, 1.82) is 0 Å². The summed E-state index contributed by atoms with van der Waals surface area (Å²) < 4.78 is 75.4. The van der Waals surface area contributed by atoms with Crippen molar-refractivity contribution in [3.8, 4) is 0 Å². The van der Waals surface area contributed by atoms with Gasteiger partial charge in [-0.25, -0.2) is 4.39 Å². The van der Waals surface area contributed by atoms with Crippen LogP contribution in [0.4, 0.5) is 30.7 Å². The van der Waals surface area contributed by atoms with E-state index in [2.05, 4.69) is 11.6 Å². The Labute approximate surface area is 79.7 Å². The lowest BCUT2D eigenvalue weighted by molar-refractivity contribution is -0.0812. The minimum atomic E-state index is -4.51. The lowest BCUT2D eigenvalue weighted by Gasteiger charge is -1.92. The van der Waals surface area contributed by atoms with Gasteiger partial charge < -0.3 is 0 Å². The van der Waals surface area contributed by atoms with Gasteiger partial charge in [-0.2, -0.15) is 26.3 Å².